The topological polar surface area (TPSA) is 44.8 Å². The van der Waals surface area contributed by atoms with Crippen LogP contribution < -0.4 is 5.32 Å². The van der Waals surface area contributed by atoms with Crippen LogP contribution in [0.3, 0.4) is 0 Å². The summed E-state index contributed by atoms with van der Waals surface area (Å²) in [6.07, 6.45) is 1.94. The molecule has 0 aliphatic rings. The van der Waals surface area contributed by atoms with Crippen LogP contribution in [0.1, 0.15) is 26.7 Å². The summed E-state index contributed by atoms with van der Waals surface area (Å²) in [6.45, 7) is 9.06. The van der Waals surface area contributed by atoms with Gasteiger partial charge in [-0.15, -0.1) is 0 Å². The van der Waals surface area contributed by atoms with Gasteiger partial charge in [-0.05, 0) is 40.0 Å². The van der Waals surface area contributed by atoms with Crippen LogP contribution in [0.25, 0.3) is 0 Å². The lowest BCUT2D eigenvalue weighted by molar-refractivity contribution is -0.143. The Hall–Kier alpha value is -0.650. The fourth-order valence-electron chi connectivity index (χ4n) is 2.00. The molecular weight excluding hydrogens is 242 g/mol. The van der Waals surface area contributed by atoms with Gasteiger partial charge in [-0.25, -0.2) is 0 Å². The summed E-state index contributed by atoms with van der Waals surface area (Å²) in [7, 11) is 5.61. The Bertz CT molecular complexity index is 235. The van der Waals surface area contributed by atoms with E-state index in [1.54, 1.807) is 0 Å². The number of ether oxygens (including phenoxy) is 1. The maximum absolute atomic E-state index is 11.6. The predicted octanol–water partition coefficient (Wildman–Crippen LogP) is 0.801. The molecule has 0 heterocycles. The van der Waals surface area contributed by atoms with Crippen LogP contribution in [0, 0.1) is 0 Å². The maximum atomic E-state index is 11.6. The minimum absolute atomic E-state index is 0.161. The summed E-state index contributed by atoms with van der Waals surface area (Å²) in [6, 6.07) is -0.186. The fraction of sp³-hybridized carbons (Fsp3) is 0.929. The van der Waals surface area contributed by atoms with E-state index in [1.165, 1.54) is 7.11 Å². The molecule has 0 saturated carbocycles. The molecule has 1 N–H and O–H groups in total. The van der Waals surface area contributed by atoms with E-state index in [4.69, 9.17) is 4.74 Å². The number of rotatable bonds is 11. The average molecular weight is 273 g/mol. The Morgan fingerprint density at radius 1 is 1.16 bits per heavy atom. The Kier molecular flexibility index (Phi) is 10.8. The van der Waals surface area contributed by atoms with Crippen LogP contribution in [0.5, 0.6) is 0 Å². The third-order valence-corrected chi connectivity index (χ3v) is 3.07. The summed E-state index contributed by atoms with van der Waals surface area (Å²) in [4.78, 5) is 16.2. The van der Waals surface area contributed by atoms with Crippen LogP contribution in [0.15, 0.2) is 0 Å². The monoisotopic (exact) mass is 273 g/mol. The minimum Gasteiger partial charge on any atom is -0.468 e. The molecule has 0 fully saturated rings. The molecule has 0 aromatic carbocycles. The normalized spacial score (nSPS) is 13.0. The lowest BCUT2D eigenvalue weighted by Gasteiger charge is -2.25. The number of likely N-dealkylation sites (N-methyl/N-ethyl adjacent to an activating group) is 2. The van der Waals surface area contributed by atoms with Crippen LogP contribution in [0.4, 0.5) is 0 Å². The van der Waals surface area contributed by atoms with Crippen molar-refractivity contribution < 1.29 is 9.53 Å². The van der Waals surface area contributed by atoms with E-state index < -0.39 is 0 Å². The highest BCUT2D eigenvalue weighted by Crippen LogP contribution is 2.00. The Morgan fingerprint density at radius 3 is 2.32 bits per heavy atom. The molecule has 0 saturated heterocycles. The zero-order valence-corrected chi connectivity index (χ0v) is 13.2. The first kappa shape index (κ1) is 18.4. The number of methoxy groups -OCH3 is 1. The summed E-state index contributed by atoms with van der Waals surface area (Å²) in [5, 5.41) is 3.18. The molecule has 1 atom stereocenters. The number of esters is 1. The van der Waals surface area contributed by atoms with Crippen LogP contribution in [-0.4, -0.2) is 75.7 Å². The van der Waals surface area contributed by atoms with Gasteiger partial charge in [0.2, 0.25) is 0 Å². The van der Waals surface area contributed by atoms with Gasteiger partial charge in [0.15, 0.2) is 0 Å². The molecule has 0 spiro atoms. The molecule has 0 rings (SSSR count). The van der Waals surface area contributed by atoms with Gasteiger partial charge in [0.25, 0.3) is 0 Å². The number of hydrogen-bond acceptors (Lipinski definition) is 5. The van der Waals surface area contributed by atoms with Crippen molar-refractivity contribution in [3.8, 4) is 0 Å². The van der Waals surface area contributed by atoms with Crippen molar-refractivity contribution in [1.29, 1.82) is 0 Å². The second kappa shape index (κ2) is 11.2. The smallest absolute Gasteiger partial charge is 0.322 e. The SMILES string of the molecule is CCCN(CCC(NCC)C(=O)OC)CCN(C)C. The highest BCUT2D eigenvalue weighted by atomic mass is 16.5. The quantitative estimate of drug-likeness (QED) is 0.564. The fourth-order valence-corrected chi connectivity index (χ4v) is 2.00. The lowest BCUT2D eigenvalue weighted by atomic mass is 10.2. The molecule has 5 nitrogen and oxygen atoms in total. The zero-order valence-electron chi connectivity index (χ0n) is 13.2. The molecule has 1 unspecified atom stereocenters. The molecule has 0 amide bonds. The van der Waals surface area contributed by atoms with Crippen LogP contribution in [0.2, 0.25) is 0 Å². The molecule has 0 aliphatic heterocycles. The molecule has 5 heteroatoms. The largest absolute Gasteiger partial charge is 0.468 e. The van der Waals surface area contributed by atoms with E-state index in [-0.39, 0.29) is 12.0 Å². The third-order valence-electron chi connectivity index (χ3n) is 3.07. The molecule has 19 heavy (non-hydrogen) atoms. The van der Waals surface area contributed by atoms with Gasteiger partial charge < -0.3 is 19.9 Å². The maximum Gasteiger partial charge on any atom is 0.322 e. The Balaban J connectivity index is 4.20. The average Bonchev–Trinajstić information content (AvgIpc) is 2.39. The Morgan fingerprint density at radius 2 is 1.84 bits per heavy atom. The molecule has 0 radical (unpaired) electrons. The van der Waals surface area contributed by atoms with Gasteiger partial charge in [0.1, 0.15) is 6.04 Å². The summed E-state index contributed by atoms with van der Waals surface area (Å²) < 4.78 is 4.83. The second-order valence-electron chi connectivity index (χ2n) is 5.07. The third kappa shape index (κ3) is 8.97. The molecule has 114 valence electrons. The van der Waals surface area contributed by atoms with E-state index >= 15 is 0 Å². The minimum atomic E-state index is -0.186. The van der Waals surface area contributed by atoms with Crippen molar-refractivity contribution in [2.45, 2.75) is 32.7 Å². The lowest BCUT2D eigenvalue weighted by Crippen LogP contribution is -2.41. The first-order chi connectivity index (χ1) is 9.04. The van der Waals surface area contributed by atoms with Crippen molar-refractivity contribution in [1.82, 2.24) is 15.1 Å². The molecule has 0 bridgehead atoms. The first-order valence-corrected chi connectivity index (χ1v) is 7.23. The number of carbonyl (C=O) groups excluding carboxylic acids is 1. The number of carbonyl (C=O) groups is 1. The highest BCUT2D eigenvalue weighted by molar-refractivity contribution is 5.75. The predicted molar refractivity (Wildman–Crippen MR) is 79.4 cm³/mol. The number of nitrogens with zero attached hydrogens (tertiary/aromatic N) is 2. The van der Waals surface area contributed by atoms with Gasteiger partial charge in [-0.3, -0.25) is 4.79 Å². The van der Waals surface area contributed by atoms with Gasteiger partial charge in [-0.2, -0.15) is 0 Å². The molecule has 0 aliphatic carbocycles. The molecular formula is C14H31N3O2. The van der Waals surface area contributed by atoms with E-state index in [0.29, 0.717) is 0 Å². The second-order valence-corrected chi connectivity index (χ2v) is 5.07. The zero-order chi connectivity index (χ0) is 14.7. The molecule has 0 aromatic heterocycles. The van der Waals surface area contributed by atoms with Crippen molar-refractivity contribution in [3.63, 3.8) is 0 Å². The van der Waals surface area contributed by atoms with Crippen LogP contribution >= 0.6 is 0 Å². The van der Waals surface area contributed by atoms with Gasteiger partial charge >= 0.3 is 5.97 Å². The standard InChI is InChI=1S/C14H31N3O2/c1-6-9-17(12-11-16(3)4)10-8-13(15-7-2)14(18)19-5/h13,15H,6-12H2,1-5H3. The summed E-state index contributed by atoms with van der Waals surface area (Å²) in [5.41, 5.74) is 0. The van der Waals surface area contributed by atoms with E-state index in [2.05, 4.69) is 36.1 Å². The number of nitrogens with one attached hydrogen (secondary N) is 1. The van der Waals surface area contributed by atoms with E-state index in [9.17, 15) is 4.79 Å². The summed E-state index contributed by atoms with van der Waals surface area (Å²) >= 11 is 0. The van der Waals surface area contributed by atoms with Gasteiger partial charge in [-0.1, -0.05) is 13.8 Å². The highest BCUT2D eigenvalue weighted by Gasteiger charge is 2.18. The van der Waals surface area contributed by atoms with Gasteiger partial charge in [0, 0.05) is 19.6 Å². The first-order valence-electron chi connectivity index (χ1n) is 7.23. The van der Waals surface area contributed by atoms with Crippen molar-refractivity contribution in [2.24, 2.45) is 0 Å². The van der Waals surface area contributed by atoms with Gasteiger partial charge in [0.05, 0.1) is 7.11 Å². The Labute approximate surface area is 118 Å². The van der Waals surface area contributed by atoms with Crippen molar-refractivity contribution >= 4 is 5.97 Å². The molecule has 0 aromatic rings. The number of hydrogen-bond donors (Lipinski definition) is 1. The van der Waals surface area contributed by atoms with E-state index in [0.717, 1.165) is 45.6 Å². The van der Waals surface area contributed by atoms with Crippen LogP contribution in [-0.2, 0) is 9.53 Å². The van der Waals surface area contributed by atoms with E-state index in [1.807, 2.05) is 6.92 Å². The van der Waals surface area contributed by atoms with Crippen molar-refractivity contribution in [3.05, 3.63) is 0 Å². The summed E-state index contributed by atoms with van der Waals surface area (Å²) in [5.74, 6) is -0.161. The van der Waals surface area contributed by atoms with Crippen molar-refractivity contribution in [2.75, 3.05) is 53.9 Å².